The first-order valence-electron chi connectivity index (χ1n) is 7.03. The van der Waals surface area contributed by atoms with Gasteiger partial charge < -0.3 is 4.74 Å². The van der Waals surface area contributed by atoms with E-state index in [2.05, 4.69) is 0 Å². The van der Waals surface area contributed by atoms with Gasteiger partial charge in [-0.3, -0.25) is 14.5 Å². The Morgan fingerprint density at radius 1 is 1.22 bits per heavy atom. The van der Waals surface area contributed by atoms with E-state index in [9.17, 15) is 22.8 Å². The molecule has 23 heavy (non-hydrogen) atoms. The van der Waals surface area contributed by atoms with Crippen molar-refractivity contribution in [2.75, 3.05) is 19.4 Å². The first-order valence-corrected chi connectivity index (χ1v) is 9.09. The van der Waals surface area contributed by atoms with E-state index in [0.717, 1.165) is 11.2 Å². The third kappa shape index (κ3) is 4.88. The first-order chi connectivity index (χ1) is 10.8. The number of sulfone groups is 1. The van der Waals surface area contributed by atoms with Crippen LogP contribution in [0.15, 0.2) is 24.3 Å². The second-order valence-corrected chi connectivity index (χ2v) is 7.53. The van der Waals surface area contributed by atoms with Crippen molar-refractivity contribution >= 4 is 27.6 Å². The molecule has 0 unspecified atom stereocenters. The van der Waals surface area contributed by atoms with Crippen molar-refractivity contribution in [2.24, 2.45) is 0 Å². The molecule has 1 aromatic carbocycles. The molecule has 2 amide bonds. The third-order valence-corrected chi connectivity index (χ3v) is 4.18. The van der Waals surface area contributed by atoms with Crippen LogP contribution in [-0.2, 0) is 29.9 Å². The van der Waals surface area contributed by atoms with E-state index in [4.69, 9.17) is 4.74 Å². The number of amides is 2. The molecular weight excluding hydrogens is 322 g/mol. The Bertz CT molecular complexity index is 723. The minimum Gasteiger partial charge on any atom is -0.452 e. The van der Waals surface area contributed by atoms with Crippen LogP contribution in [0.25, 0.3) is 0 Å². The number of hydrogen-bond donors (Lipinski definition) is 0. The predicted molar refractivity (Wildman–Crippen MR) is 81.2 cm³/mol. The smallest absolute Gasteiger partial charge is 0.338 e. The lowest BCUT2D eigenvalue weighted by atomic mass is 10.1. The molecule has 0 N–H and O–H groups in total. The van der Waals surface area contributed by atoms with Crippen LogP contribution in [0.1, 0.15) is 28.8 Å². The van der Waals surface area contributed by atoms with Crippen LogP contribution >= 0.6 is 0 Å². The lowest BCUT2D eigenvalue weighted by Crippen LogP contribution is -2.35. The van der Waals surface area contributed by atoms with Crippen molar-refractivity contribution in [1.29, 1.82) is 0 Å². The first kappa shape index (κ1) is 17.1. The standard InChI is InChI=1S/C15H17NO6S/c1-23(20,21)10-11-4-6-12(7-5-11)15(19)22-9-14(18)16-8-2-3-13(16)17/h4-7H,2-3,8-10H2,1H3. The van der Waals surface area contributed by atoms with Gasteiger partial charge in [0.25, 0.3) is 5.91 Å². The molecule has 0 spiro atoms. The summed E-state index contributed by atoms with van der Waals surface area (Å²) in [6.45, 7) is -0.134. The monoisotopic (exact) mass is 339 g/mol. The van der Waals surface area contributed by atoms with Crippen molar-refractivity contribution in [3.8, 4) is 0 Å². The summed E-state index contributed by atoms with van der Waals surface area (Å²) in [5.74, 6) is -1.60. The Kier molecular flexibility index (Phi) is 5.15. The van der Waals surface area contributed by atoms with Gasteiger partial charge in [0.1, 0.15) is 0 Å². The molecule has 1 aliphatic heterocycles. The van der Waals surface area contributed by atoms with Crippen molar-refractivity contribution in [1.82, 2.24) is 4.90 Å². The SMILES string of the molecule is CS(=O)(=O)Cc1ccc(C(=O)OCC(=O)N2CCCC2=O)cc1. The van der Waals surface area contributed by atoms with Crippen LogP contribution in [0.2, 0.25) is 0 Å². The average molecular weight is 339 g/mol. The minimum absolute atomic E-state index is 0.113. The molecule has 1 saturated heterocycles. The molecule has 124 valence electrons. The molecule has 0 bridgehead atoms. The molecule has 0 radical (unpaired) electrons. The normalized spacial score (nSPS) is 14.8. The predicted octanol–water partition coefficient (Wildman–Crippen LogP) is 0.537. The zero-order chi connectivity index (χ0) is 17.0. The number of carbonyl (C=O) groups is 3. The van der Waals surface area contributed by atoms with E-state index < -0.39 is 28.3 Å². The van der Waals surface area contributed by atoms with Crippen molar-refractivity contribution in [2.45, 2.75) is 18.6 Å². The summed E-state index contributed by atoms with van der Waals surface area (Å²) < 4.78 is 27.3. The fourth-order valence-electron chi connectivity index (χ4n) is 2.24. The van der Waals surface area contributed by atoms with Gasteiger partial charge in [-0.1, -0.05) is 12.1 Å². The van der Waals surface area contributed by atoms with Gasteiger partial charge >= 0.3 is 5.97 Å². The van der Waals surface area contributed by atoms with E-state index in [1.807, 2.05) is 0 Å². The van der Waals surface area contributed by atoms with Gasteiger partial charge in [-0.15, -0.1) is 0 Å². The second kappa shape index (κ2) is 6.91. The van der Waals surface area contributed by atoms with Gasteiger partial charge in [0.05, 0.1) is 11.3 Å². The number of nitrogens with zero attached hydrogens (tertiary/aromatic N) is 1. The molecular formula is C15H17NO6S. The largest absolute Gasteiger partial charge is 0.452 e. The summed E-state index contributed by atoms with van der Waals surface area (Å²) in [5.41, 5.74) is 0.769. The van der Waals surface area contributed by atoms with E-state index in [0.29, 0.717) is 24.9 Å². The summed E-state index contributed by atoms with van der Waals surface area (Å²) >= 11 is 0. The number of likely N-dealkylation sites (tertiary alicyclic amines) is 1. The van der Waals surface area contributed by atoms with Gasteiger partial charge in [0.2, 0.25) is 5.91 Å². The van der Waals surface area contributed by atoms with E-state index in [-0.39, 0.29) is 17.2 Å². The van der Waals surface area contributed by atoms with E-state index in [1.165, 1.54) is 24.3 Å². The number of carbonyl (C=O) groups excluding carboxylic acids is 3. The fraction of sp³-hybridized carbons (Fsp3) is 0.400. The highest BCUT2D eigenvalue weighted by Gasteiger charge is 2.27. The average Bonchev–Trinajstić information content (AvgIpc) is 2.90. The third-order valence-electron chi connectivity index (χ3n) is 3.32. The highest BCUT2D eigenvalue weighted by atomic mass is 32.2. The lowest BCUT2D eigenvalue weighted by Gasteiger charge is -2.13. The summed E-state index contributed by atoms with van der Waals surface area (Å²) in [7, 11) is -3.14. The van der Waals surface area contributed by atoms with E-state index in [1.54, 1.807) is 0 Å². The maximum absolute atomic E-state index is 11.8. The zero-order valence-corrected chi connectivity index (χ0v) is 13.5. The molecule has 7 nitrogen and oxygen atoms in total. The highest BCUT2D eigenvalue weighted by Crippen LogP contribution is 2.11. The van der Waals surface area contributed by atoms with Crippen molar-refractivity contribution in [3.63, 3.8) is 0 Å². The van der Waals surface area contributed by atoms with Gasteiger partial charge in [0, 0.05) is 19.2 Å². The summed E-state index contributed by atoms with van der Waals surface area (Å²) in [4.78, 5) is 36.1. The topological polar surface area (TPSA) is 97.8 Å². The Morgan fingerprint density at radius 3 is 2.39 bits per heavy atom. The molecule has 1 aromatic rings. The molecule has 2 rings (SSSR count). The van der Waals surface area contributed by atoms with Crippen molar-refractivity contribution in [3.05, 3.63) is 35.4 Å². The minimum atomic E-state index is -3.14. The zero-order valence-electron chi connectivity index (χ0n) is 12.6. The van der Waals surface area contributed by atoms with E-state index >= 15 is 0 Å². The second-order valence-electron chi connectivity index (χ2n) is 5.39. The number of esters is 1. The Balaban J connectivity index is 1.90. The molecule has 0 atom stereocenters. The van der Waals surface area contributed by atoms with Crippen LogP contribution in [0.3, 0.4) is 0 Å². The Labute approximate surface area is 134 Å². The maximum atomic E-state index is 11.8. The molecule has 0 aromatic heterocycles. The lowest BCUT2D eigenvalue weighted by molar-refractivity contribution is -0.143. The van der Waals surface area contributed by atoms with Crippen LogP contribution < -0.4 is 0 Å². The number of benzene rings is 1. The van der Waals surface area contributed by atoms with Gasteiger partial charge in [-0.05, 0) is 24.1 Å². The fourth-order valence-corrected chi connectivity index (χ4v) is 3.04. The number of hydrogen-bond acceptors (Lipinski definition) is 6. The molecule has 1 fully saturated rings. The van der Waals surface area contributed by atoms with Crippen LogP contribution in [0.5, 0.6) is 0 Å². The number of rotatable bonds is 5. The summed E-state index contributed by atoms with van der Waals surface area (Å²) in [5, 5.41) is 0. The summed E-state index contributed by atoms with van der Waals surface area (Å²) in [6.07, 6.45) is 2.09. The van der Waals surface area contributed by atoms with Gasteiger partial charge in [-0.25, -0.2) is 13.2 Å². The number of ether oxygens (including phenoxy) is 1. The molecule has 8 heteroatoms. The highest BCUT2D eigenvalue weighted by molar-refractivity contribution is 7.89. The van der Waals surface area contributed by atoms with Crippen LogP contribution in [-0.4, -0.2) is 50.5 Å². The Morgan fingerprint density at radius 2 is 1.87 bits per heavy atom. The van der Waals surface area contributed by atoms with Crippen molar-refractivity contribution < 1.29 is 27.5 Å². The van der Waals surface area contributed by atoms with Crippen LogP contribution in [0.4, 0.5) is 0 Å². The Hall–Kier alpha value is -2.22. The molecule has 1 aliphatic rings. The van der Waals surface area contributed by atoms with Crippen LogP contribution in [0, 0.1) is 0 Å². The summed E-state index contributed by atoms with van der Waals surface area (Å²) in [6, 6.07) is 5.91. The molecule has 1 heterocycles. The molecule has 0 aliphatic carbocycles. The maximum Gasteiger partial charge on any atom is 0.338 e. The molecule has 0 saturated carbocycles. The number of imide groups is 1. The van der Waals surface area contributed by atoms with Gasteiger partial charge in [-0.2, -0.15) is 0 Å². The quantitative estimate of drug-likeness (QED) is 0.726. The van der Waals surface area contributed by atoms with Gasteiger partial charge in [0.15, 0.2) is 16.4 Å².